The van der Waals surface area contributed by atoms with Crippen molar-refractivity contribution >= 4 is 46.8 Å². The monoisotopic (exact) mass is 220 g/mol. The van der Waals surface area contributed by atoms with Gasteiger partial charge in [-0.1, -0.05) is 0 Å². The van der Waals surface area contributed by atoms with Gasteiger partial charge in [-0.3, -0.25) is 0 Å². The summed E-state index contributed by atoms with van der Waals surface area (Å²) in [6.07, 6.45) is 0. The van der Waals surface area contributed by atoms with Gasteiger partial charge in [-0.25, -0.2) is 0 Å². The quantitative estimate of drug-likeness (QED) is 0.310. The molecule has 0 atom stereocenters. The van der Waals surface area contributed by atoms with E-state index in [-0.39, 0.29) is 62.7 Å². The normalized spacial score (nSPS) is 7.50. The van der Waals surface area contributed by atoms with Crippen LogP contribution in [0.4, 0.5) is 0 Å². The van der Waals surface area contributed by atoms with Gasteiger partial charge in [-0.15, -0.1) is 0 Å². The number of hydrogen-bond donors (Lipinski definition) is 4. The summed E-state index contributed by atoms with van der Waals surface area (Å²) in [5, 5.41) is 0. The molecule has 0 fully saturated rings. The van der Waals surface area contributed by atoms with E-state index in [4.69, 9.17) is 19.2 Å². The van der Waals surface area contributed by atoms with Crippen molar-refractivity contribution in [2.45, 2.75) is 0 Å². The zero-order valence-corrected chi connectivity index (χ0v) is 7.46. The second-order valence-electron chi connectivity index (χ2n) is 0.600. The van der Waals surface area contributed by atoms with E-state index in [2.05, 4.69) is 0 Å². The molecule has 0 aliphatic rings. The minimum atomic E-state index is -4.61. The van der Waals surface area contributed by atoms with Crippen LogP contribution in [-0.4, -0.2) is 71.4 Å². The van der Waals surface area contributed by atoms with Crippen molar-refractivity contribution in [3.8, 4) is 0 Å². The molecule has 46 valence electrons. The van der Waals surface area contributed by atoms with E-state index < -0.39 is 9.05 Å². The largest absolute Gasteiger partial charge is 0 e. The molecule has 0 saturated heterocycles. The second-order valence-corrected chi connectivity index (χ2v) is 1.80. The Hall–Kier alpha value is 1.90. The first-order chi connectivity index (χ1) is 2.00. The first kappa shape index (κ1) is 22.5. The van der Waals surface area contributed by atoms with Crippen molar-refractivity contribution < 1.29 is 44.1 Å². The molecule has 0 spiro atoms. The van der Waals surface area contributed by atoms with Crippen molar-refractivity contribution in [3.63, 3.8) is 0 Å². The van der Waals surface area contributed by atoms with Gasteiger partial charge in [0, 0.05) is 19.5 Å². The molecule has 8 heteroatoms. The molecule has 0 aliphatic carbocycles. The molecule has 0 aromatic carbocycles. The van der Waals surface area contributed by atoms with E-state index in [1.165, 1.54) is 0 Å². The molecule has 8 heavy (non-hydrogen) atoms. The van der Waals surface area contributed by atoms with Crippen LogP contribution in [0, 0.1) is 0 Å². The molecule has 0 radical (unpaired) electrons. The number of rotatable bonds is 0. The van der Waals surface area contributed by atoms with Crippen LogP contribution in [-0.2, 0) is 19.5 Å². The third kappa shape index (κ3) is 104. The standard InChI is InChI=1S/Ca.H4O4Si.H2O.Zn.2H/c;1-5(2,3)4;;;;/h;1-4H;1H2;;;. The van der Waals surface area contributed by atoms with Crippen LogP contribution >= 0.6 is 0 Å². The number of hydrogen-bond acceptors (Lipinski definition) is 4. The first-order valence-electron chi connectivity index (χ1n) is 0.894. The SMILES string of the molecule is O.O[Si](O)(O)O.[CaH2].[Zn]. The van der Waals surface area contributed by atoms with E-state index in [0.29, 0.717) is 0 Å². The summed E-state index contributed by atoms with van der Waals surface area (Å²) in [6, 6.07) is 0. The van der Waals surface area contributed by atoms with E-state index in [1.54, 1.807) is 0 Å². The predicted octanol–water partition coefficient (Wildman–Crippen LogP) is -4.35. The molecule has 0 saturated carbocycles. The molecule has 0 aromatic heterocycles. The molecular weight excluding hydrogens is 214 g/mol. The molecule has 6 N–H and O–H groups in total. The van der Waals surface area contributed by atoms with Gasteiger partial charge in [0.2, 0.25) is 0 Å². The molecule has 0 amide bonds. The molecule has 0 aliphatic heterocycles. The summed E-state index contributed by atoms with van der Waals surface area (Å²) in [4.78, 5) is 29.3. The molecule has 0 aromatic rings. The van der Waals surface area contributed by atoms with Crippen molar-refractivity contribution in [1.82, 2.24) is 0 Å². The van der Waals surface area contributed by atoms with Gasteiger partial charge in [0.15, 0.2) is 0 Å². The summed E-state index contributed by atoms with van der Waals surface area (Å²) in [6.45, 7) is 0. The molecule has 0 bridgehead atoms. The van der Waals surface area contributed by atoms with Gasteiger partial charge in [0.05, 0.1) is 0 Å². The minimum absolute atomic E-state index is 0. The van der Waals surface area contributed by atoms with Crippen LogP contribution in [0.1, 0.15) is 0 Å². The van der Waals surface area contributed by atoms with Crippen molar-refractivity contribution in [1.29, 1.82) is 0 Å². The maximum absolute atomic E-state index is 7.33. The van der Waals surface area contributed by atoms with Crippen LogP contribution in [0.15, 0.2) is 0 Å². The van der Waals surface area contributed by atoms with Crippen LogP contribution in [0.25, 0.3) is 0 Å². The Morgan fingerprint density at radius 1 is 0.875 bits per heavy atom. The van der Waals surface area contributed by atoms with E-state index >= 15 is 0 Å². The minimum Gasteiger partial charge on any atom is 0 e. The average molecular weight is 222 g/mol. The molecule has 0 heterocycles. The maximum Gasteiger partial charge on any atom is 0 e. The molecule has 5 nitrogen and oxygen atoms in total. The fourth-order valence-electron chi connectivity index (χ4n) is 0. The Bertz CT molecular complexity index is 27.9. The summed E-state index contributed by atoms with van der Waals surface area (Å²) < 4.78 is 0. The third-order valence-electron chi connectivity index (χ3n) is 0. The van der Waals surface area contributed by atoms with Gasteiger partial charge < -0.3 is 24.7 Å². The summed E-state index contributed by atoms with van der Waals surface area (Å²) >= 11 is 0. The Labute approximate surface area is 89.9 Å². The Kier molecular flexibility index (Phi) is 25.1. The average Bonchev–Trinajstić information content (AvgIpc) is 0.722. The van der Waals surface area contributed by atoms with E-state index in [1.807, 2.05) is 0 Å². The van der Waals surface area contributed by atoms with Crippen molar-refractivity contribution in [3.05, 3.63) is 0 Å². The van der Waals surface area contributed by atoms with E-state index in [9.17, 15) is 0 Å². The van der Waals surface area contributed by atoms with Crippen LogP contribution in [0.5, 0.6) is 0 Å². The smallest absolute Gasteiger partial charge is 0 e. The Morgan fingerprint density at radius 2 is 0.875 bits per heavy atom. The van der Waals surface area contributed by atoms with E-state index in [0.717, 1.165) is 0 Å². The van der Waals surface area contributed by atoms with Gasteiger partial charge in [0.25, 0.3) is 0 Å². The molecule has 0 unspecified atom stereocenters. The fraction of sp³-hybridized carbons (Fsp3) is 0. The van der Waals surface area contributed by atoms with Gasteiger partial charge in [-0.05, 0) is 0 Å². The molecule has 0 rings (SSSR count). The fourth-order valence-corrected chi connectivity index (χ4v) is 0. The zero-order valence-electron chi connectivity index (χ0n) is 3.50. The Morgan fingerprint density at radius 3 is 0.875 bits per heavy atom. The van der Waals surface area contributed by atoms with Gasteiger partial charge in [-0.2, -0.15) is 0 Å². The third-order valence-corrected chi connectivity index (χ3v) is 0. The Balaban J connectivity index is -0.0000000267. The van der Waals surface area contributed by atoms with Crippen molar-refractivity contribution in [2.24, 2.45) is 0 Å². The summed E-state index contributed by atoms with van der Waals surface area (Å²) in [5.41, 5.74) is 0. The predicted molar refractivity (Wildman–Crippen MR) is 26.8 cm³/mol. The zero-order chi connectivity index (χ0) is 4.50. The molecular formula is H8CaO5SiZn. The first-order valence-corrected chi connectivity index (χ1v) is 2.68. The van der Waals surface area contributed by atoms with Crippen LogP contribution in [0.3, 0.4) is 0 Å². The summed E-state index contributed by atoms with van der Waals surface area (Å²) in [7, 11) is -4.61. The van der Waals surface area contributed by atoms with Crippen LogP contribution in [0.2, 0.25) is 0 Å². The summed E-state index contributed by atoms with van der Waals surface area (Å²) in [5.74, 6) is 0. The van der Waals surface area contributed by atoms with Crippen molar-refractivity contribution in [2.75, 3.05) is 0 Å². The maximum atomic E-state index is 7.33. The van der Waals surface area contributed by atoms with Gasteiger partial charge in [0.1, 0.15) is 0 Å². The topological polar surface area (TPSA) is 112 Å². The van der Waals surface area contributed by atoms with Crippen LogP contribution < -0.4 is 0 Å². The second kappa shape index (κ2) is 8.90. The van der Waals surface area contributed by atoms with Gasteiger partial charge >= 0.3 is 46.8 Å².